The van der Waals surface area contributed by atoms with Crippen LogP contribution in [0.2, 0.25) is 0 Å². The Balaban J connectivity index is 2.21. The maximum absolute atomic E-state index is 10.8. The largest absolute Gasteiger partial charge is 0.478 e. The molecular weight excluding hydrogens is 216 g/mol. The van der Waals surface area contributed by atoms with E-state index in [-0.39, 0.29) is 5.56 Å². The van der Waals surface area contributed by atoms with E-state index in [9.17, 15) is 4.79 Å². The summed E-state index contributed by atoms with van der Waals surface area (Å²) in [6.45, 7) is 0. The van der Waals surface area contributed by atoms with Crippen molar-refractivity contribution in [3.63, 3.8) is 0 Å². The lowest BCUT2D eigenvalue weighted by Gasteiger charge is -2.07. The van der Waals surface area contributed by atoms with Crippen LogP contribution in [-0.2, 0) is 0 Å². The van der Waals surface area contributed by atoms with Gasteiger partial charge in [0.05, 0.1) is 5.56 Å². The van der Waals surface area contributed by atoms with Crippen LogP contribution in [0.25, 0.3) is 0 Å². The first kappa shape index (κ1) is 11.0. The van der Waals surface area contributed by atoms with Gasteiger partial charge in [-0.15, -0.1) is 0 Å². The predicted molar refractivity (Wildman–Crippen MR) is 67.5 cm³/mol. The fourth-order valence-corrected chi connectivity index (χ4v) is 1.46. The fraction of sp³-hybridized carbons (Fsp3) is 0. The number of nitrogens with one attached hydrogen (secondary N) is 1. The number of benzene rings is 2. The Labute approximate surface area is 98.7 Å². The van der Waals surface area contributed by atoms with E-state index < -0.39 is 5.97 Å². The molecule has 0 spiro atoms. The molecule has 0 saturated heterocycles. The first-order valence-corrected chi connectivity index (χ1v) is 5.11. The van der Waals surface area contributed by atoms with Crippen molar-refractivity contribution in [1.82, 2.24) is 0 Å². The topological polar surface area (TPSA) is 75.3 Å². The zero-order valence-electron chi connectivity index (χ0n) is 9.05. The van der Waals surface area contributed by atoms with Crippen molar-refractivity contribution in [2.75, 3.05) is 11.1 Å². The highest BCUT2D eigenvalue weighted by molar-refractivity contribution is 5.89. The van der Waals surface area contributed by atoms with Crippen molar-refractivity contribution in [3.05, 3.63) is 54.1 Å². The lowest BCUT2D eigenvalue weighted by atomic mass is 10.2. The van der Waals surface area contributed by atoms with E-state index in [2.05, 4.69) is 5.32 Å². The predicted octanol–water partition coefficient (Wildman–Crippen LogP) is 2.71. The summed E-state index contributed by atoms with van der Waals surface area (Å²) >= 11 is 0. The van der Waals surface area contributed by atoms with Gasteiger partial charge in [-0.2, -0.15) is 0 Å². The summed E-state index contributed by atoms with van der Waals surface area (Å²) in [7, 11) is 0. The van der Waals surface area contributed by atoms with Crippen molar-refractivity contribution in [2.45, 2.75) is 0 Å². The molecular formula is C13H12N2O2. The van der Waals surface area contributed by atoms with Gasteiger partial charge in [0.25, 0.3) is 0 Å². The monoisotopic (exact) mass is 228 g/mol. The van der Waals surface area contributed by atoms with Gasteiger partial charge in [-0.3, -0.25) is 0 Å². The number of hydrogen-bond donors (Lipinski definition) is 3. The van der Waals surface area contributed by atoms with Crippen LogP contribution >= 0.6 is 0 Å². The van der Waals surface area contributed by atoms with E-state index in [0.29, 0.717) is 5.69 Å². The molecule has 2 aromatic rings. The second kappa shape index (κ2) is 4.57. The van der Waals surface area contributed by atoms with Crippen LogP contribution in [0.1, 0.15) is 10.4 Å². The van der Waals surface area contributed by atoms with Crippen molar-refractivity contribution >= 4 is 23.0 Å². The quantitative estimate of drug-likeness (QED) is 0.706. The van der Waals surface area contributed by atoms with Gasteiger partial charge >= 0.3 is 5.97 Å². The molecule has 0 fully saturated rings. The summed E-state index contributed by atoms with van der Waals surface area (Å²) in [5, 5.41) is 12.0. The highest BCUT2D eigenvalue weighted by Crippen LogP contribution is 2.18. The summed E-state index contributed by atoms with van der Waals surface area (Å²) in [5.41, 5.74) is 8.12. The first-order chi connectivity index (χ1) is 8.15. The average molecular weight is 228 g/mol. The molecule has 4 N–H and O–H groups in total. The molecule has 0 unspecified atom stereocenters. The Kier molecular flexibility index (Phi) is 2.96. The normalized spacial score (nSPS) is 9.88. The molecule has 0 aliphatic heterocycles. The second-order valence-electron chi connectivity index (χ2n) is 3.63. The standard InChI is InChI=1S/C13H12N2O2/c14-10-4-6-11(7-5-10)15-12-3-1-2-9(8-12)13(16)17/h1-8,15H,14H2,(H,16,17). The average Bonchev–Trinajstić information content (AvgIpc) is 2.32. The van der Waals surface area contributed by atoms with Crippen molar-refractivity contribution in [3.8, 4) is 0 Å². The van der Waals surface area contributed by atoms with Crippen LogP contribution in [0, 0.1) is 0 Å². The van der Waals surface area contributed by atoms with E-state index in [0.717, 1.165) is 11.4 Å². The molecule has 2 aromatic carbocycles. The van der Waals surface area contributed by atoms with Gasteiger partial charge in [0.15, 0.2) is 0 Å². The Morgan fingerprint density at radius 1 is 1.06 bits per heavy atom. The maximum atomic E-state index is 10.8. The minimum Gasteiger partial charge on any atom is -0.478 e. The molecule has 4 nitrogen and oxygen atoms in total. The SMILES string of the molecule is Nc1ccc(Nc2cccc(C(=O)O)c2)cc1. The van der Waals surface area contributed by atoms with E-state index in [1.807, 2.05) is 18.2 Å². The van der Waals surface area contributed by atoms with E-state index >= 15 is 0 Å². The molecule has 2 rings (SSSR count). The van der Waals surface area contributed by atoms with E-state index in [1.54, 1.807) is 30.3 Å². The summed E-state index contributed by atoms with van der Waals surface area (Å²) in [4.78, 5) is 10.8. The number of anilines is 3. The van der Waals surface area contributed by atoms with Crippen molar-refractivity contribution < 1.29 is 9.90 Å². The molecule has 0 heterocycles. The molecule has 0 amide bonds. The van der Waals surface area contributed by atoms with Crippen LogP contribution in [0.3, 0.4) is 0 Å². The number of carboxylic acid groups (broad SMARTS) is 1. The number of hydrogen-bond acceptors (Lipinski definition) is 3. The van der Waals surface area contributed by atoms with Gasteiger partial charge in [0.2, 0.25) is 0 Å². The third-order valence-electron chi connectivity index (χ3n) is 2.31. The smallest absolute Gasteiger partial charge is 0.335 e. The van der Waals surface area contributed by atoms with Crippen molar-refractivity contribution in [1.29, 1.82) is 0 Å². The number of carbonyl (C=O) groups is 1. The second-order valence-corrected chi connectivity index (χ2v) is 3.63. The highest BCUT2D eigenvalue weighted by atomic mass is 16.4. The number of nitrogens with two attached hydrogens (primary N) is 1. The molecule has 86 valence electrons. The third kappa shape index (κ3) is 2.75. The number of aromatic carboxylic acids is 1. The molecule has 0 radical (unpaired) electrons. The van der Waals surface area contributed by atoms with Gasteiger partial charge in [-0.25, -0.2) is 4.79 Å². The summed E-state index contributed by atoms with van der Waals surface area (Å²) in [6, 6.07) is 13.9. The molecule has 0 bridgehead atoms. The molecule has 0 aliphatic rings. The first-order valence-electron chi connectivity index (χ1n) is 5.11. The molecule has 17 heavy (non-hydrogen) atoms. The maximum Gasteiger partial charge on any atom is 0.335 e. The zero-order valence-corrected chi connectivity index (χ0v) is 9.05. The Hall–Kier alpha value is -2.49. The van der Waals surface area contributed by atoms with Crippen LogP contribution in [0.15, 0.2) is 48.5 Å². The molecule has 0 aliphatic carbocycles. The Morgan fingerprint density at radius 2 is 1.76 bits per heavy atom. The molecule has 0 aromatic heterocycles. The minimum absolute atomic E-state index is 0.255. The van der Waals surface area contributed by atoms with Crippen molar-refractivity contribution in [2.24, 2.45) is 0 Å². The number of rotatable bonds is 3. The number of carboxylic acids is 1. The van der Waals surface area contributed by atoms with Gasteiger partial charge in [-0.1, -0.05) is 6.07 Å². The molecule has 4 heteroatoms. The fourth-order valence-electron chi connectivity index (χ4n) is 1.46. The molecule has 0 saturated carbocycles. The van der Waals surface area contributed by atoms with E-state index in [1.165, 1.54) is 0 Å². The van der Waals surface area contributed by atoms with Crippen LogP contribution in [0.4, 0.5) is 17.1 Å². The third-order valence-corrected chi connectivity index (χ3v) is 2.31. The zero-order chi connectivity index (χ0) is 12.3. The minimum atomic E-state index is -0.939. The Morgan fingerprint density at radius 3 is 2.41 bits per heavy atom. The molecule has 0 atom stereocenters. The van der Waals surface area contributed by atoms with Crippen LogP contribution in [0.5, 0.6) is 0 Å². The summed E-state index contributed by atoms with van der Waals surface area (Å²) in [6.07, 6.45) is 0. The van der Waals surface area contributed by atoms with Gasteiger partial charge in [-0.05, 0) is 42.5 Å². The van der Waals surface area contributed by atoms with Gasteiger partial charge in [0, 0.05) is 17.1 Å². The number of nitrogen functional groups attached to an aromatic ring is 1. The van der Waals surface area contributed by atoms with Gasteiger partial charge < -0.3 is 16.2 Å². The van der Waals surface area contributed by atoms with E-state index in [4.69, 9.17) is 10.8 Å². The summed E-state index contributed by atoms with van der Waals surface area (Å²) < 4.78 is 0. The highest BCUT2D eigenvalue weighted by Gasteiger charge is 2.02. The summed E-state index contributed by atoms with van der Waals surface area (Å²) in [5.74, 6) is -0.939. The Bertz CT molecular complexity index is 535. The van der Waals surface area contributed by atoms with Gasteiger partial charge in [0.1, 0.15) is 0 Å². The van der Waals surface area contributed by atoms with Crippen LogP contribution in [-0.4, -0.2) is 11.1 Å². The lowest BCUT2D eigenvalue weighted by Crippen LogP contribution is -1.97. The van der Waals surface area contributed by atoms with Crippen LogP contribution < -0.4 is 11.1 Å². The lowest BCUT2D eigenvalue weighted by molar-refractivity contribution is 0.0697.